The normalized spacial score (nSPS) is 13.0. The van der Waals surface area contributed by atoms with Crippen LogP contribution in [0.2, 0.25) is 0 Å². The molecule has 3 aromatic heterocycles. The predicted molar refractivity (Wildman–Crippen MR) is 213 cm³/mol. The molecular formula is C48H34N4. The average Bonchev–Trinajstić information content (AvgIpc) is 3.67. The molecule has 246 valence electrons. The first-order chi connectivity index (χ1) is 25.5. The van der Waals surface area contributed by atoms with Crippen LogP contribution in [-0.4, -0.2) is 19.5 Å². The van der Waals surface area contributed by atoms with Crippen molar-refractivity contribution < 1.29 is 0 Å². The maximum Gasteiger partial charge on any atom is 0.160 e. The van der Waals surface area contributed by atoms with Crippen LogP contribution in [-0.2, 0) is 5.41 Å². The van der Waals surface area contributed by atoms with E-state index in [9.17, 15) is 0 Å². The van der Waals surface area contributed by atoms with Crippen molar-refractivity contribution in [3.05, 3.63) is 181 Å². The molecule has 0 aliphatic heterocycles. The van der Waals surface area contributed by atoms with E-state index in [0.717, 1.165) is 56.0 Å². The fourth-order valence-corrected chi connectivity index (χ4v) is 8.20. The molecule has 0 fully saturated rings. The number of fused-ring (bicyclic) bond motifs is 6. The number of benzene rings is 6. The van der Waals surface area contributed by atoms with E-state index in [0.29, 0.717) is 5.82 Å². The largest absolute Gasteiger partial charge is 0.309 e. The minimum absolute atomic E-state index is 0.274. The number of para-hydroxylation sites is 2. The Hall–Kier alpha value is -6.65. The Labute approximate surface area is 302 Å². The molecule has 4 heteroatoms. The lowest BCUT2D eigenvalue weighted by Gasteiger charge is -2.24. The van der Waals surface area contributed by atoms with E-state index >= 15 is 0 Å². The Morgan fingerprint density at radius 1 is 0.481 bits per heavy atom. The second-order valence-electron chi connectivity index (χ2n) is 14.1. The maximum absolute atomic E-state index is 5.43. The van der Waals surface area contributed by atoms with Gasteiger partial charge in [-0.2, -0.15) is 0 Å². The zero-order chi connectivity index (χ0) is 34.8. The van der Waals surface area contributed by atoms with E-state index in [1.54, 1.807) is 6.20 Å². The Bertz CT molecular complexity index is 2770. The van der Waals surface area contributed by atoms with E-state index in [4.69, 9.17) is 9.97 Å². The molecule has 0 N–H and O–H groups in total. The molecule has 0 saturated heterocycles. The van der Waals surface area contributed by atoms with Crippen LogP contribution in [0.15, 0.2) is 170 Å². The van der Waals surface area contributed by atoms with E-state index in [-0.39, 0.29) is 5.41 Å². The molecule has 0 spiro atoms. The quantitative estimate of drug-likeness (QED) is 0.184. The molecule has 4 nitrogen and oxygen atoms in total. The standard InChI is InChI=1S/C48H34N4/c1-48(2)41-23-6-3-22-40(41)46-44(48)45(50-47(51-46)35-17-10-14-32(28-35)36-18-12-26-49-30-36)34-16-9-13-31(27-34)33-15-11-19-37(29-33)52-42-24-7-4-20-38(42)39-21-5-8-25-43(39)52/h3-30H,1-2H3. The Balaban J connectivity index is 1.14. The number of aromatic nitrogens is 4. The summed E-state index contributed by atoms with van der Waals surface area (Å²) in [5.74, 6) is 0.714. The molecular weight excluding hydrogens is 633 g/mol. The molecule has 0 atom stereocenters. The molecule has 52 heavy (non-hydrogen) atoms. The van der Waals surface area contributed by atoms with Gasteiger partial charge in [-0.3, -0.25) is 4.98 Å². The van der Waals surface area contributed by atoms with Gasteiger partial charge in [0.15, 0.2) is 5.82 Å². The highest BCUT2D eigenvalue weighted by atomic mass is 15.0. The summed E-state index contributed by atoms with van der Waals surface area (Å²) < 4.78 is 2.38. The van der Waals surface area contributed by atoms with Crippen molar-refractivity contribution in [1.29, 1.82) is 0 Å². The Morgan fingerprint density at radius 2 is 1.06 bits per heavy atom. The van der Waals surface area contributed by atoms with Crippen molar-refractivity contribution in [2.45, 2.75) is 19.3 Å². The molecule has 10 rings (SSSR count). The van der Waals surface area contributed by atoms with Crippen LogP contribution >= 0.6 is 0 Å². The van der Waals surface area contributed by atoms with Gasteiger partial charge in [0.2, 0.25) is 0 Å². The summed E-state index contributed by atoms with van der Waals surface area (Å²) in [5.41, 5.74) is 15.3. The summed E-state index contributed by atoms with van der Waals surface area (Å²) in [4.78, 5) is 15.1. The predicted octanol–water partition coefficient (Wildman–Crippen LogP) is 11.9. The molecule has 0 amide bonds. The lowest BCUT2D eigenvalue weighted by atomic mass is 9.80. The molecule has 6 aromatic carbocycles. The van der Waals surface area contributed by atoms with Crippen LogP contribution in [0.3, 0.4) is 0 Å². The monoisotopic (exact) mass is 666 g/mol. The summed E-state index contributed by atoms with van der Waals surface area (Å²) in [6.45, 7) is 4.60. The fourth-order valence-electron chi connectivity index (χ4n) is 8.20. The van der Waals surface area contributed by atoms with Gasteiger partial charge in [0.05, 0.1) is 22.4 Å². The van der Waals surface area contributed by atoms with Crippen LogP contribution in [0.5, 0.6) is 0 Å². The van der Waals surface area contributed by atoms with Crippen LogP contribution in [0.4, 0.5) is 0 Å². The van der Waals surface area contributed by atoms with E-state index in [1.807, 2.05) is 12.3 Å². The molecule has 0 radical (unpaired) electrons. The number of nitrogens with zero attached hydrogens (tertiary/aromatic N) is 4. The summed E-state index contributed by atoms with van der Waals surface area (Å²) >= 11 is 0. The smallest absolute Gasteiger partial charge is 0.160 e. The summed E-state index contributed by atoms with van der Waals surface area (Å²) in [6, 6.07) is 56.2. The molecule has 3 heterocycles. The van der Waals surface area contributed by atoms with E-state index < -0.39 is 0 Å². The molecule has 0 bridgehead atoms. The minimum Gasteiger partial charge on any atom is -0.309 e. The third-order valence-corrected chi connectivity index (χ3v) is 10.7. The first kappa shape index (κ1) is 30.2. The molecule has 0 saturated carbocycles. The van der Waals surface area contributed by atoms with Crippen LogP contribution < -0.4 is 0 Å². The van der Waals surface area contributed by atoms with Gasteiger partial charge in [0.1, 0.15) is 0 Å². The van der Waals surface area contributed by atoms with Crippen molar-refractivity contribution in [3.8, 4) is 61.8 Å². The van der Waals surface area contributed by atoms with Gasteiger partial charge >= 0.3 is 0 Å². The highest BCUT2D eigenvalue weighted by Gasteiger charge is 2.40. The topological polar surface area (TPSA) is 43.6 Å². The second-order valence-corrected chi connectivity index (χ2v) is 14.1. The van der Waals surface area contributed by atoms with Gasteiger partial charge < -0.3 is 4.57 Å². The zero-order valence-corrected chi connectivity index (χ0v) is 29.0. The zero-order valence-electron chi connectivity index (χ0n) is 29.0. The van der Waals surface area contributed by atoms with Gasteiger partial charge in [-0.25, -0.2) is 9.97 Å². The third kappa shape index (κ3) is 4.72. The van der Waals surface area contributed by atoms with Gasteiger partial charge in [-0.15, -0.1) is 0 Å². The highest BCUT2D eigenvalue weighted by molar-refractivity contribution is 6.09. The van der Waals surface area contributed by atoms with Crippen molar-refractivity contribution in [1.82, 2.24) is 19.5 Å². The van der Waals surface area contributed by atoms with Gasteiger partial charge in [-0.05, 0) is 64.7 Å². The van der Waals surface area contributed by atoms with Crippen LogP contribution in [0.1, 0.15) is 25.0 Å². The fraction of sp³-hybridized carbons (Fsp3) is 0.0625. The first-order valence-corrected chi connectivity index (χ1v) is 17.8. The highest BCUT2D eigenvalue weighted by Crippen LogP contribution is 2.51. The van der Waals surface area contributed by atoms with Crippen molar-refractivity contribution in [2.75, 3.05) is 0 Å². The molecule has 0 unspecified atom stereocenters. The number of rotatable bonds is 5. The van der Waals surface area contributed by atoms with Gasteiger partial charge in [-0.1, -0.05) is 129 Å². The lowest BCUT2D eigenvalue weighted by Crippen LogP contribution is -2.17. The maximum atomic E-state index is 5.43. The number of hydrogen-bond donors (Lipinski definition) is 0. The molecule has 9 aromatic rings. The molecule has 1 aliphatic carbocycles. The third-order valence-electron chi connectivity index (χ3n) is 10.7. The van der Waals surface area contributed by atoms with Gasteiger partial charge in [0, 0.05) is 62.1 Å². The second kappa shape index (κ2) is 11.7. The minimum atomic E-state index is -0.274. The lowest BCUT2D eigenvalue weighted by molar-refractivity contribution is 0.658. The Morgan fingerprint density at radius 3 is 1.81 bits per heavy atom. The van der Waals surface area contributed by atoms with Crippen LogP contribution in [0.25, 0.3) is 83.6 Å². The number of hydrogen-bond acceptors (Lipinski definition) is 3. The first-order valence-electron chi connectivity index (χ1n) is 17.8. The summed E-state index contributed by atoms with van der Waals surface area (Å²) in [6.07, 6.45) is 3.70. The summed E-state index contributed by atoms with van der Waals surface area (Å²) in [5, 5.41) is 2.52. The van der Waals surface area contributed by atoms with Gasteiger partial charge in [0.25, 0.3) is 0 Å². The number of pyridine rings is 1. The van der Waals surface area contributed by atoms with E-state index in [1.165, 1.54) is 32.9 Å². The Kier molecular flexibility index (Phi) is 6.80. The van der Waals surface area contributed by atoms with Crippen molar-refractivity contribution in [3.63, 3.8) is 0 Å². The summed E-state index contributed by atoms with van der Waals surface area (Å²) in [7, 11) is 0. The average molecular weight is 667 g/mol. The van der Waals surface area contributed by atoms with Crippen LogP contribution in [0, 0.1) is 0 Å². The van der Waals surface area contributed by atoms with E-state index in [2.05, 4.69) is 175 Å². The van der Waals surface area contributed by atoms with Crippen molar-refractivity contribution in [2.24, 2.45) is 0 Å². The SMILES string of the molecule is CC1(C)c2ccccc2-c2nc(-c3cccc(-c4cccnc4)c3)nc(-c3cccc(-c4cccc(-n5c6ccccc6c6ccccc65)c4)c3)c21. The molecule has 1 aliphatic rings. The van der Waals surface area contributed by atoms with Crippen molar-refractivity contribution >= 4 is 21.8 Å².